The van der Waals surface area contributed by atoms with Gasteiger partial charge in [0, 0.05) is 0 Å². The van der Waals surface area contributed by atoms with Crippen molar-refractivity contribution < 1.29 is 14.3 Å². The molecule has 3 N–H and O–H groups in total. The predicted molar refractivity (Wildman–Crippen MR) is 80.0 cm³/mol. The second kappa shape index (κ2) is 8.95. The van der Waals surface area contributed by atoms with Gasteiger partial charge in [0.2, 0.25) is 5.91 Å². The third kappa shape index (κ3) is 8.15. The van der Waals surface area contributed by atoms with Gasteiger partial charge in [-0.15, -0.1) is 0 Å². The molecule has 1 amide bonds. The van der Waals surface area contributed by atoms with E-state index in [0.29, 0.717) is 18.8 Å². The van der Waals surface area contributed by atoms with Gasteiger partial charge in [-0.05, 0) is 38.5 Å². The van der Waals surface area contributed by atoms with Crippen LogP contribution in [-0.2, 0) is 14.3 Å². The molecule has 5 heteroatoms. The molecular formula is C15H30N2O3. The van der Waals surface area contributed by atoms with E-state index in [0.717, 1.165) is 0 Å². The molecule has 0 aliphatic rings. The van der Waals surface area contributed by atoms with Crippen molar-refractivity contribution >= 4 is 11.9 Å². The molecule has 0 saturated heterocycles. The molecule has 5 nitrogen and oxygen atoms in total. The second-order valence-corrected chi connectivity index (χ2v) is 6.41. The van der Waals surface area contributed by atoms with Crippen LogP contribution in [0.1, 0.15) is 54.4 Å². The van der Waals surface area contributed by atoms with E-state index < -0.39 is 18.1 Å². The molecule has 0 unspecified atom stereocenters. The molecule has 118 valence electrons. The van der Waals surface area contributed by atoms with Crippen LogP contribution >= 0.6 is 0 Å². The van der Waals surface area contributed by atoms with Crippen molar-refractivity contribution in [1.29, 1.82) is 0 Å². The van der Waals surface area contributed by atoms with E-state index in [2.05, 4.69) is 5.32 Å². The number of hydrogen-bond acceptors (Lipinski definition) is 4. The summed E-state index contributed by atoms with van der Waals surface area (Å²) in [6.07, 6.45) is 0.948. The molecule has 0 aromatic heterocycles. The highest BCUT2D eigenvalue weighted by molar-refractivity contribution is 5.87. The fourth-order valence-electron chi connectivity index (χ4n) is 1.89. The van der Waals surface area contributed by atoms with Crippen LogP contribution in [0.3, 0.4) is 0 Å². The molecular weight excluding hydrogens is 256 g/mol. The molecule has 0 aliphatic carbocycles. The summed E-state index contributed by atoms with van der Waals surface area (Å²) in [5.41, 5.74) is 5.83. The van der Waals surface area contributed by atoms with Gasteiger partial charge in [-0.25, -0.2) is 4.79 Å². The van der Waals surface area contributed by atoms with Crippen LogP contribution in [0.25, 0.3) is 0 Å². The zero-order valence-electron chi connectivity index (χ0n) is 13.6. The molecule has 0 radical (unpaired) electrons. The van der Waals surface area contributed by atoms with Crippen molar-refractivity contribution in [3.63, 3.8) is 0 Å². The molecule has 0 spiro atoms. The van der Waals surface area contributed by atoms with Crippen LogP contribution in [0, 0.1) is 11.8 Å². The Kier molecular flexibility index (Phi) is 8.46. The van der Waals surface area contributed by atoms with Crippen molar-refractivity contribution in [3.8, 4) is 0 Å². The topological polar surface area (TPSA) is 81.4 Å². The largest absolute Gasteiger partial charge is 0.461 e. The quantitative estimate of drug-likeness (QED) is 0.667. The van der Waals surface area contributed by atoms with E-state index in [-0.39, 0.29) is 17.9 Å². The highest BCUT2D eigenvalue weighted by Crippen LogP contribution is 2.09. The minimum atomic E-state index is -0.622. The second-order valence-electron chi connectivity index (χ2n) is 6.41. The maximum absolute atomic E-state index is 12.0. The van der Waals surface area contributed by atoms with E-state index in [4.69, 9.17) is 10.5 Å². The standard InChI is InChI=1S/C15H30N2O3/c1-9(2)7-12(16)14(18)17-13(8-10(3)4)15(19)20-11(5)6/h9-13H,7-8,16H2,1-6H3,(H,17,18)/t12-,13-/m0/s1. The van der Waals surface area contributed by atoms with E-state index in [1.54, 1.807) is 13.8 Å². The molecule has 2 atom stereocenters. The number of rotatable bonds is 8. The lowest BCUT2D eigenvalue weighted by molar-refractivity contribution is -0.152. The summed E-state index contributed by atoms with van der Waals surface area (Å²) in [5.74, 6) is -0.0629. The first-order valence-corrected chi connectivity index (χ1v) is 7.39. The Balaban J connectivity index is 4.63. The van der Waals surface area contributed by atoms with Gasteiger partial charge in [0.15, 0.2) is 0 Å². The van der Waals surface area contributed by atoms with Crippen molar-refractivity contribution in [2.24, 2.45) is 17.6 Å². The number of ether oxygens (including phenoxy) is 1. The number of hydrogen-bond donors (Lipinski definition) is 2. The first-order valence-electron chi connectivity index (χ1n) is 7.39. The van der Waals surface area contributed by atoms with E-state index >= 15 is 0 Å². The summed E-state index contributed by atoms with van der Waals surface area (Å²) in [7, 11) is 0. The first-order chi connectivity index (χ1) is 9.13. The summed E-state index contributed by atoms with van der Waals surface area (Å²) in [6.45, 7) is 11.6. The van der Waals surface area contributed by atoms with Gasteiger partial charge in [0.05, 0.1) is 12.1 Å². The van der Waals surface area contributed by atoms with Crippen LogP contribution in [0.2, 0.25) is 0 Å². The van der Waals surface area contributed by atoms with Crippen molar-refractivity contribution in [2.45, 2.75) is 72.6 Å². The van der Waals surface area contributed by atoms with Gasteiger partial charge in [-0.1, -0.05) is 27.7 Å². The van der Waals surface area contributed by atoms with Gasteiger partial charge in [-0.2, -0.15) is 0 Å². The predicted octanol–water partition coefficient (Wildman–Crippen LogP) is 1.84. The summed E-state index contributed by atoms with van der Waals surface area (Å²) in [4.78, 5) is 24.0. The summed E-state index contributed by atoms with van der Waals surface area (Å²) in [5, 5.41) is 2.72. The monoisotopic (exact) mass is 286 g/mol. The zero-order chi connectivity index (χ0) is 15.9. The average Bonchev–Trinajstić information content (AvgIpc) is 2.25. The summed E-state index contributed by atoms with van der Waals surface area (Å²) < 4.78 is 5.18. The third-order valence-corrected chi connectivity index (χ3v) is 2.72. The lowest BCUT2D eigenvalue weighted by Crippen LogP contribution is -2.50. The number of esters is 1. The molecule has 0 aromatic carbocycles. The molecule has 0 aliphatic heterocycles. The molecule has 0 aromatic rings. The van der Waals surface area contributed by atoms with Crippen LogP contribution in [0.5, 0.6) is 0 Å². The minimum Gasteiger partial charge on any atom is -0.461 e. The molecule has 0 fully saturated rings. The average molecular weight is 286 g/mol. The van der Waals surface area contributed by atoms with Crippen LogP contribution < -0.4 is 11.1 Å². The fraction of sp³-hybridized carbons (Fsp3) is 0.867. The minimum absolute atomic E-state index is 0.196. The van der Waals surface area contributed by atoms with Gasteiger partial charge >= 0.3 is 5.97 Å². The maximum atomic E-state index is 12.0. The van der Waals surface area contributed by atoms with Gasteiger partial charge in [-0.3, -0.25) is 4.79 Å². The molecule has 0 saturated carbocycles. The van der Waals surface area contributed by atoms with E-state index in [9.17, 15) is 9.59 Å². The Hall–Kier alpha value is -1.10. The molecule has 0 rings (SSSR count). The highest BCUT2D eigenvalue weighted by atomic mass is 16.5. The normalized spacial score (nSPS) is 14.5. The smallest absolute Gasteiger partial charge is 0.328 e. The summed E-state index contributed by atoms with van der Waals surface area (Å²) >= 11 is 0. The number of nitrogens with two attached hydrogens (primary N) is 1. The molecule has 0 bridgehead atoms. The third-order valence-electron chi connectivity index (χ3n) is 2.72. The highest BCUT2D eigenvalue weighted by Gasteiger charge is 2.26. The van der Waals surface area contributed by atoms with E-state index in [1.165, 1.54) is 0 Å². The van der Waals surface area contributed by atoms with Crippen LogP contribution in [0.4, 0.5) is 0 Å². The Morgan fingerprint density at radius 1 is 1.00 bits per heavy atom. The number of carbonyl (C=O) groups is 2. The fourth-order valence-corrected chi connectivity index (χ4v) is 1.89. The van der Waals surface area contributed by atoms with Crippen LogP contribution in [0.15, 0.2) is 0 Å². The van der Waals surface area contributed by atoms with Crippen molar-refractivity contribution in [3.05, 3.63) is 0 Å². The van der Waals surface area contributed by atoms with Gasteiger partial charge < -0.3 is 15.8 Å². The number of nitrogens with one attached hydrogen (secondary N) is 1. The SMILES string of the molecule is CC(C)C[C@H](NC(=O)[C@@H](N)CC(C)C)C(=O)OC(C)C. The maximum Gasteiger partial charge on any atom is 0.328 e. The number of carbonyl (C=O) groups excluding carboxylic acids is 2. The van der Waals surface area contributed by atoms with Gasteiger partial charge in [0.1, 0.15) is 6.04 Å². The number of amides is 1. The zero-order valence-corrected chi connectivity index (χ0v) is 13.6. The Bertz CT molecular complexity index is 314. The van der Waals surface area contributed by atoms with Crippen LogP contribution in [-0.4, -0.2) is 30.1 Å². The molecule has 0 heterocycles. The first kappa shape index (κ1) is 18.9. The lowest BCUT2D eigenvalue weighted by Gasteiger charge is -2.23. The Morgan fingerprint density at radius 3 is 1.90 bits per heavy atom. The Labute approximate surface area is 122 Å². The molecule has 20 heavy (non-hydrogen) atoms. The van der Waals surface area contributed by atoms with Crippen molar-refractivity contribution in [2.75, 3.05) is 0 Å². The Morgan fingerprint density at radius 2 is 1.50 bits per heavy atom. The van der Waals surface area contributed by atoms with Gasteiger partial charge in [0.25, 0.3) is 0 Å². The van der Waals surface area contributed by atoms with Crippen molar-refractivity contribution in [1.82, 2.24) is 5.32 Å². The summed E-state index contributed by atoms with van der Waals surface area (Å²) in [6, 6.07) is -1.21. The lowest BCUT2D eigenvalue weighted by atomic mass is 10.0. The van der Waals surface area contributed by atoms with E-state index in [1.807, 2.05) is 27.7 Å².